The van der Waals surface area contributed by atoms with Crippen LogP contribution >= 0.6 is 0 Å². The molecule has 1 aliphatic heterocycles. The van der Waals surface area contributed by atoms with Crippen LogP contribution < -0.4 is 0 Å². The molecule has 1 fully saturated rings. The first-order chi connectivity index (χ1) is 6.74. The van der Waals surface area contributed by atoms with Crippen LogP contribution in [0.1, 0.15) is 39.5 Å². The molecule has 1 rings (SSSR count). The molecule has 1 aliphatic rings. The van der Waals surface area contributed by atoms with Gasteiger partial charge in [-0.2, -0.15) is 0 Å². The second kappa shape index (κ2) is 5.81. The number of rotatable bonds is 3. The van der Waals surface area contributed by atoms with E-state index in [1.54, 1.807) is 12.0 Å². The van der Waals surface area contributed by atoms with Crippen molar-refractivity contribution >= 4 is 5.97 Å². The maximum Gasteiger partial charge on any atom is 0.352 e. The van der Waals surface area contributed by atoms with Crippen molar-refractivity contribution in [1.29, 1.82) is 0 Å². The van der Waals surface area contributed by atoms with Crippen molar-refractivity contribution in [1.82, 2.24) is 5.06 Å². The average Bonchev–Trinajstić information content (AvgIpc) is 2.19. The molecular weight excluding hydrogens is 178 g/mol. The normalized spacial score (nSPS) is 19.4. The minimum Gasteiger partial charge on any atom is -0.364 e. The molecule has 0 saturated carbocycles. The number of hydrogen-bond donors (Lipinski definition) is 0. The molecule has 3 nitrogen and oxygen atoms in total. The highest BCUT2D eigenvalue weighted by atomic mass is 16.7. The second-order valence-electron chi connectivity index (χ2n) is 3.66. The molecule has 0 spiro atoms. The van der Waals surface area contributed by atoms with Gasteiger partial charge in [-0.25, -0.2) is 4.79 Å². The van der Waals surface area contributed by atoms with E-state index in [0.29, 0.717) is 5.57 Å². The van der Waals surface area contributed by atoms with Crippen molar-refractivity contribution in [3.05, 3.63) is 11.6 Å². The molecule has 0 aromatic carbocycles. The minimum atomic E-state index is -0.200. The number of hydrogen-bond acceptors (Lipinski definition) is 3. The molecular formula is C11H19NO2. The molecule has 1 heterocycles. The average molecular weight is 197 g/mol. The summed E-state index contributed by atoms with van der Waals surface area (Å²) in [6, 6.07) is 0. The number of carbonyl (C=O) groups excluding carboxylic acids is 1. The molecule has 0 radical (unpaired) electrons. The predicted molar refractivity (Wildman–Crippen MR) is 55.6 cm³/mol. The lowest BCUT2D eigenvalue weighted by atomic mass is 10.2. The summed E-state index contributed by atoms with van der Waals surface area (Å²) in [5.41, 5.74) is 0.707. The Morgan fingerprint density at radius 1 is 1.36 bits per heavy atom. The largest absolute Gasteiger partial charge is 0.364 e. The van der Waals surface area contributed by atoms with Gasteiger partial charge in [0.1, 0.15) is 0 Å². The highest BCUT2D eigenvalue weighted by molar-refractivity contribution is 5.87. The molecule has 0 atom stereocenters. The highest BCUT2D eigenvalue weighted by Gasteiger charge is 2.15. The van der Waals surface area contributed by atoms with Crippen LogP contribution in [0.3, 0.4) is 0 Å². The van der Waals surface area contributed by atoms with Crippen molar-refractivity contribution in [2.75, 3.05) is 13.1 Å². The van der Waals surface area contributed by atoms with Gasteiger partial charge in [0.05, 0.1) is 0 Å². The Bertz CT molecular complexity index is 217. The Kier molecular flexibility index (Phi) is 4.66. The zero-order valence-electron chi connectivity index (χ0n) is 9.08. The Labute approximate surface area is 85.7 Å². The van der Waals surface area contributed by atoms with Crippen LogP contribution in [0.25, 0.3) is 0 Å². The van der Waals surface area contributed by atoms with Crippen molar-refractivity contribution in [2.24, 2.45) is 0 Å². The standard InChI is InChI=1S/C11H19NO2/c1-3-7-10(2)11(13)14-12-8-5-4-6-9-12/h7H,3-6,8-9H2,1-2H3. The van der Waals surface area contributed by atoms with E-state index in [4.69, 9.17) is 4.84 Å². The first-order valence-electron chi connectivity index (χ1n) is 5.38. The summed E-state index contributed by atoms with van der Waals surface area (Å²) in [6.07, 6.45) is 6.28. The predicted octanol–water partition coefficient (Wildman–Crippen LogP) is 2.29. The summed E-state index contributed by atoms with van der Waals surface area (Å²) < 4.78 is 0. The maximum atomic E-state index is 11.5. The van der Waals surface area contributed by atoms with E-state index in [-0.39, 0.29) is 5.97 Å². The quantitative estimate of drug-likeness (QED) is 0.650. The van der Waals surface area contributed by atoms with E-state index in [2.05, 4.69) is 0 Å². The molecule has 0 aliphatic carbocycles. The van der Waals surface area contributed by atoms with E-state index in [0.717, 1.165) is 32.4 Å². The number of piperidine rings is 1. The highest BCUT2D eigenvalue weighted by Crippen LogP contribution is 2.10. The van der Waals surface area contributed by atoms with Crippen LogP contribution in [0.15, 0.2) is 11.6 Å². The molecule has 0 aromatic rings. The molecule has 1 saturated heterocycles. The van der Waals surface area contributed by atoms with Crippen LogP contribution in [0.5, 0.6) is 0 Å². The second-order valence-corrected chi connectivity index (χ2v) is 3.66. The smallest absolute Gasteiger partial charge is 0.352 e. The zero-order valence-corrected chi connectivity index (χ0v) is 9.08. The number of nitrogens with zero attached hydrogens (tertiary/aromatic N) is 1. The van der Waals surface area contributed by atoms with Crippen LogP contribution in [-0.2, 0) is 9.63 Å². The molecule has 0 unspecified atom stereocenters. The van der Waals surface area contributed by atoms with Gasteiger partial charge >= 0.3 is 5.97 Å². The Morgan fingerprint density at radius 2 is 2.00 bits per heavy atom. The zero-order chi connectivity index (χ0) is 10.4. The molecule has 80 valence electrons. The monoisotopic (exact) mass is 197 g/mol. The van der Waals surface area contributed by atoms with Gasteiger partial charge in [-0.05, 0) is 26.2 Å². The fraction of sp³-hybridized carbons (Fsp3) is 0.727. The van der Waals surface area contributed by atoms with Gasteiger partial charge in [0.25, 0.3) is 0 Å². The lowest BCUT2D eigenvalue weighted by molar-refractivity contribution is -0.189. The number of hydroxylamine groups is 2. The first kappa shape index (κ1) is 11.2. The molecule has 0 N–H and O–H groups in total. The molecule has 0 aromatic heterocycles. The lowest BCUT2D eigenvalue weighted by Gasteiger charge is -2.24. The van der Waals surface area contributed by atoms with Crippen LogP contribution in [0.2, 0.25) is 0 Å². The van der Waals surface area contributed by atoms with E-state index >= 15 is 0 Å². The summed E-state index contributed by atoms with van der Waals surface area (Å²) in [5.74, 6) is -0.200. The third kappa shape index (κ3) is 3.50. The summed E-state index contributed by atoms with van der Waals surface area (Å²) in [6.45, 7) is 5.57. The number of carbonyl (C=O) groups is 1. The Morgan fingerprint density at radius 3 is 2.57 bits per heavy atom. The van der Waals surface area contributed by atoms with Crippen LogP contribution in [0, 0.1) is 0 Å². The summed E-state index contributed by atoms with van der Waals surface area (Å²) >= 11 is 0. The molecule has 3 heteroatoms. The van der Waals surface area contributed by atoms with Crippen LogP contribution in [-0.4, -0.2) is 24.1 Å². The van der Waals surface area contributed by atoms with Gasteiger partial charge in [-0.1, -0.05) is 19.4 Å². The van der Waals surface area contributed by atoms with E-state index in [1.165, 1.54) is 6.42 Å². The van der Waals surface area contributed by atoms with Gasteiger partial charge < -0.3 is 4.84 Å². The number of allylic oxidation sites excluding steroid dienone is 1. The summed E-state index contributed by atoms with van der Waals surface area (Å²) in [5, 5.41) is 1.78. The third-order valence-electron chi connectivity index (χ3n) is 2.36. The van der Waals surface area contributed by atoms with Crippen LogP contribution in [0.4, 0.5) is 0 Å². The lowest BCUT2D eigenvalue weighted by Crippen LogP contribution is -2.32. The van der Waals surface area contributed by atoms with E-state index < -0.39 is 0 Å². The maximum absolute atomic E-state index is 11.5. The summed E-state index contributed by atoms with van der Waals surface area (Å²) in [4.78, 5) is 16.7. The van der Waals surface area contributed by atoms with Crippen molar-refractivity contribution < 1.29 is 9.63 Å². The molecule has 0 bridgehead atoms. The van der Waals surface area contributed by atoms with E-state index in [1.807, 2.05) is 13.0 Å². The van der Waals surface area contributed by atoms with Crippen molar-refractivity contribution in [2.45, 2.75) is 39.5 Å². The summed E-state index contributed by atoms with van der Waals surface area (Å²) in [7, 11) is 0. The van der Waals surface area contributed by atoms with Gasteiger partial charge in [0.2, 0.25) is 0 Å². The van der Waals surface area contributed by atoms with Gasteiger partial charge in [0, 0.05) is 18.7 Å². The topological polar surface area (TPSA) is 29.5 Å². The Balaban J connectivity index is 2.35. The minimum absolute atomic E-state index is 0.200. The molecule has 0 amide bonds. The Hall–Kier alpha value is -0.830. The van der Waals surface area contributed by atoms with Crippen molar-refractivity contribution in [3.63, 3.8) is 0 Å². The molecule has 14 heavy (non-hydrogen) atoms. The van der Waals surface area contributed by atoms with E-state index in [9.17, 15) is 4.79 Å². The fourth-order valence-electron chi connectivity index (χ4n) is 1.53. The third-order valence-corrected chi connectivity index (χ3v) is 2.36. The van der Waals surface area contributed by atoms with Gasteiger partial charge in [-0.3, -0.25) is 0 Å². The fourth-order valence-corrected chi connectivity index (χ4v) is 1.53. The first-order valence-corrected chi connectivity index (χ1v) is 5.38. The van der Waals surface area contributed by atoms with Crippen molar-refractivity contribution in [3.8, 4) is 0 Å². The van der Waals surface area contributed by atoms with Gasteiger partial charge in [0.15, 0.2) is 0 Å². The SMILES string of the molecule is CCC=C(C)C(=O)ON1CCCCC1. The van der Waals surface area contributed by atoms with Gasteiger partial charge in [-0.15, -0.1) is 5.06 Å².